The molecule has 26 heavy (non-hydrogen) atoms. The van der Waals surface area contributed by atoms with Gasteiger partial charge in [-0.1, -0.05) is 18.2 Å². The third kappa shape index (κ3) is 5.92. The molecule has 0 bridgehead atoms. The lowest BCUT2D eigenvalue weighted by molar-refractivity contribution is -0.138. The highest BCUT2D eigenvalue weighted by atomic mass is 16.5. The number of aryl methyl sites for hydroxylation is 2. The van der Waals surface area contributed by atoms with Gasteiger partial charge in [-0.05, 0) is 67.6 Å². The molecule has 0 unspecified atom stereocenters. The van der Waals surface area contributed by atoms with E-state index in [1.54, 1.807) is 0 Å². The van der Waals surface area contributed by atoms with Gasteiger partial charge in [-0.3, -0.25) is 9.59 Å². The van der Waals surface area contributed by atoms with Gasteiger partial charge in [-0.15, -0.1) is 0 Å². The number of carboxylic acid groups (broad SMARTS) is 1. The average Bonchev–Trinajstić information content (AvgIpc) is 2.59. The maximum atomic E-state index is 11.5. The molecule has 2 aromatic carbocycles. The van der Waals surface area contributed by atoms with Crippen LogP contribution in [-0.2, 0) is 16.0 Å². The third-order valence-electron chi connectivity index (χ3n) is 4.22. The summed E-state index contributed by atoms with van der Waals surface area (Å²) in [6.07, 6.45) is 0.550. The number of carboxylic acids is 1. The minimum absolute atomic E-state index is 0.0113. The summed E-state index contributed by atoms with van der Waals surface area (Å²) in [5, 5.41) is 11.3. The largest absolute Gasteiger partial charge is 0.481 e. The maximum Gasteiger partial charge on any atom is 0.303 e. The van der Waals surface area contributed by atoms with Gasteiger partial charge in [0.25, 0.3) is 0 Å². The second-order valence-electron chi connectivity index (χ2n) is 6.44. The van der Waals surface area contributed by atoms with E-state index in [-0.39, 0.29) is 18.7 Å². The molecule has 5 heteroatoms. The molecule has 0 saturated heterocycles. The van der Waals surface area contributed by atoms with Crippen molar-refractivity contribution in [1.82, 2.24) is 5.32 Å². The number of nitrogens with one attached hydrogen (secondary N) is 1. The number of aliphatic carboxylic acids is 1. The van der Waals surface area contributed by atoms with Gasteiger partial charge in [0.2, 0.25) is 5.91 Å². The average molecular weight is 355 g/mol. The summed E-state index contributed by atoms with van der Waals surface area (Å²) in [6, 6.07) is 11.9. The van der Waals surface area contributed by atoms with Crippen LogP contribution in [0.25, 0.3) is 0 Å². The minimum Gasteiger partial charge on any atom is -0.481 e. The van der Waals surface area contributed by atoms with Crippen LogP contribution in [-0.4, -0.2) is 23.5 Å². The van der Waals surface area contributed by atoms with E-state index < -0.39 is 5.97 Å². The second kappa shape index (κ2) is 9.04. The van der Waals surface area contributed by atoms with Crippen molar-refractivity contribution in [3.05, 3.63) is 58.7 Å². The van der Waals surface area contributed by atoms with E-state index in [1.807, 2.05) is 44.2 Å². The van der Waals surface area contributed by atoms with E-state index in [2.05, 4.69) is 18.3 Å². The van der Waals surface area contributed by atoms with E-state index >= 15 is 0 Å². The van der Waals surface area contributed by atoms with Crippen LogP contribution in [0.15, 0.2) is 36.4 Å². The molecular weight excluding hydrogens is 330 g/mol. The number of hydrogen-bond acceptors (Lipinski definition) is 3. The molecule has 0 aromatic heterocycles. The van der Waals surface area contributed by atoms with Crippen molar-refractivity contribution in [3.63, 3.8) is 0 Å². The van der Waals surface area contributed by atoms with Crippen LogP contribution in [0.2, 0.25) is 0 Å². The Bertz CT molecular complexity index is 781. The second-order valence-corrected chi connectivity index (χ2v) is 6.44. The van der Waals surface area contributed by atoms with Gasteiger partial charge in [-0.2, -0.15) is 0 Å². The number of amides is 1. The zero-order valence-corrected chi connectivity index (χ0v) is 15.5. The van der Waals surface area contributed by atoms with Crippen LogP contribution in [0.5, 0.6) is 11.5 Å². The molecule has 2 rings (SSSR count). The Labute approximate surface area is 154 Å². The molecule has 0 atom stereocenters. The normalized spacial score (nSPS) is 10.4. The van der Waals surface area contributed by atoms with Crippen molar-refractivity contribution < 1.29 is 19.4 Å². The molecule has 138 valence electrons. The van der Waals surface area contributed by atoms with Crippen molar-refractivity contribution >= 4 is 11.9 Å². The van der Waals surface area contributed by atoms with Gasteiger partial charge in [0.05, 0.1) is 6.42 Å². The summed E-state index contributed by atoms with van der Waals surface area (Å²) in [4.78, 5) is 21.9. The highest BCUT2D eigenvalue weighted by molar-refractivity contribution is 5.80. The minimum atomic E-state index is -0.963. The van der Waals surface area contributed by atoms with Crippen molar-refractivity contribution in [3.8, 4) is 11.5 Å². The van der Waals surface area contributed by atoms with E-state index in [0.717, 1.165) is 22.6 Å². The van der Waals surface area contributed by atoms with Gasteiger partial charge in [0, 0.05) is 13.0 Å². The lowest BCUT2D eigenvalue weighted by atomic mass is 10.1. The predicted octanol–water partition coefficient (Wildman–Crippen LogP) is 3.93. The molecular formula is C21H25NO4. The summed E-state index contributed by atoms with van der Waals surface area (Å²) < 4.78 is 6.00. The Morgan fingerprint density at radius 2 is 1.73 bits per heavy atom. The van der Waals surface area contributed by atoms with E-state index in [9.17, 15) is 9.59 Å². The Balaban J connectivity index is 1.87. The topological polar surface area (TPSA) is 75.6 Å². The standard InChI is InChI=1S/C21H25NO4/c1-14-12-15(2)16(3)19(13-14)26-18-6-4-17(5-7-18)10-11-22-20(23)8-9-21(24)25/h4-7,12-13H,8-11H2,1-3H3,(H,22,23)(H,24,25). The lowest BCUT2D eigenvalue weighted by Gasteiger charge is -2.12. The number of carbonyl (C=O) groups excluding carboxylic acids is 1. The van der Waals surface area contributed by atoms with E-state index in [1.165, 1.54) is 11.1 Å². The van der Waals surface area contributed by atoms with Crippen LogP contribution in [0.4, 0.5) is 0 Å². The van der Waals surface area contributed by atoms with Crippen molar-refractivity contribution in [2.45, 2.75) is 40.0 Å². The molecule has 2 aromatic rings. The quantitative estimate of drug-likeness (QED) is 0.752. The molecule has 0 spiro atoms. The molecule has 0 aliphatic heterocycles. The fourth-order valence-corrected chi connectivity index (χ4v) is 2.61. The summed E-state index contributed by atoms with van der Waals surface area (Å²) in [5.41, 5.74) is 4.57. The van der Waals surface area contributed by atoms with Crippen LogP contribution in [0, 0.1) is 20.8 Å². The Kier molecular flexibility index (Phi) is 6.78. The number of rotatable bonds is 8. The summed E-state index contributed by atoms with van der Waals surface area (Å²) in [5.74, 6) is 0.431. The Morgan fingerprint density at radius 3 is 2.38 bits per heavy atom. The number of ether oxygens (including phenoxy) is 1. The predicted molar refractivity (Wildman–Crippen MR) is 101 cm³/mol. The van der Waals surface area contributed by atoms with Crippen LogP contribution < -0.4 is 10.1 Å². The van der Waals surface area contributed by atoms with Crippen LogP contribution >= 0.6 is 0 Å². The molecule has 0 aliphatic carbocycles. The highest BCUT2D eigenvalue weighted by Crippen LogP contribution is 2.28. The Hall–Kier alpha value is -2.82. The first-order valence-electron chi connectivity index (χ1n) is 8.68. The van der Waals surface area contributed by atoms with Crippen molar-refractivity contribution in [2.24, 2.45) is 0 Å². The fraction of sp³-hybridized carbons (Fsp3) is 0.333. The smallest absolute Gasteiger partial charge is 0.303 e. The van der Waals surface area contributed by atoms with Gasteiger partial charge in [-0.25, -0.2) is 0 Å². The summed E-state index contributed by atoms with van der Waals surface area (Å²) >= 11 is 0. The molecule has 0 heterocycles. The lowest BCUT2D eigenvalue weighted by Crippen LogP contribution is -2.25. The molecule has 1 amide bonds. The molecule has 5 nitrogen and oxygen atoms in total. The maximum absolute atomic E-state index is 11.5. The van der Waals surface area contributed by atoms with Gasteiger partial charge in [0.1, 0.15) is 11.5 Å². The highest BCUT2D eigenvalue weighted by Gasteiger charge is 2.07. The van der Waals surface area contributed by atoms with Gasteiger partial charge >= 0.3 is 5.97 Å². The first-order valence-corrected chi connectivity index (χ1v) is 8.68. The third-order valence-corrected chi connectivity index (χ3v) is 4.22. The molecule has 2 N–H and O–H groups in total. The van der Waals surface area contributed by atoms with Crippen molar-refractivity contribution in [2.75, 3.05) is 6.54 Å². The molecule has 0 fully saturated rings. The van der Waals surface area contributed by atoms with E-state index in [4.69, 9.17) is 9.84 Å². The number of hydrogen-bond donors (Lipinski definition) is 2. The fourth-order valence-electron chi connectivity index (χ4n) is 2.61. The van der Waals surface area contributed by atoms with Crippen LogP contribution in [0.1, 0.15) is 35.1 Å². The van der Waals surface area contributed by atoms with Gasteiger partial charge < -0.3 is 15.2 Å². The van der Waals surface area contributed by atoms with Crippen LogP contribution in [0.3, 0.4) is 0 Å². The monoisotopic (exact) mass is 355 g/mol. The zero-order chi connectivity index (χ0) is 19.1. The Morgan fingerprint density at radius 1 is 1.04 bits per heavy atom. The zero-order valence-electron chi connectivity index (χ0n) is 15.5. The SMILES string of the molecule is Cc1cc(C)c(C)c(Oc2ccc(CCNC(=O)CCC(=O)O)cc2)c1. The number of carbonyl (C=O) groups is 2. The summed E-state index contributed by atoms with van der Waals surface area (Å²) in [7, 11) is 0. The molecule has 0 aliphatic rings. The first kappa shape index (κ1) is 19.5. The van der Waals surface area contributed by atoms with Gasteiger partial charge in [0.15, 0.2) is 0 Å². The van der Waals surface area contributed by atoms with Crippen molar-refractivity contribution in [1.29, 1.82) is 0 Å². The molecule has 0 radical (unpaired) electrons. The summed E-state index contributed by atoms with van der Waals surface area (Å²) in [6.45, 7) is 6.65. The molecule has 0 saturated carbocycles. The van der Waals surface area contributed by atoms with E-state index in [0.29, 0.717) is 13.0 Å². The number of benzene rings is 2. The first-order chi connectivity index (χ1) is 12.3.